The topological polar surface area (TPSA) is 73.6 Å². The summed E-state index contributed by atoms with van der Waals surface area (Å²) in [6.07, 6.45) is 2.39. The Kier molecular flexibility index (Phi) is 5.06. The van der Waals surface area contributed by atoms with Gasteiger partial charge in [0.15, 0.2) is 0 Å². The second kappa shape index (κ2) is 6.99. The Balaban J connectivity index is 2.30. The van der Waals surface area contributed by atoms with E-state index in [4.69, 9.17) is 5.26 Å². The van der Waals surface area contributed by atoms with E-state index in [1.165, 1.54) is 24.5 Å². The maximum absolute atomic E-state index is 13.1. The van der Waals surface area contributed by atoms with Gasteiger partial charge in [0.25, 0.3) is 0 Å². The fourth-order valence-electron chi connectivity index (χ4n) is 1.67. The van der Waals surface area contributed by atoms with Crippen LogP contribution in [0, 0.1) is 17.1 Å². The van der Waals surface area contributed by atoms with Crippen molar-refractivity contribution in [3.63, 3.8) is 0 Å². The predicted molar refractivity (Wildman–Crippen MR) is 82.9 cm³/mol. The Hall–Kier alpha value is -2.20. The Morgan fingerprint density at radius 1 is 1.33 bits per heavy atom. The Morgan fingerprint density at radius 2 is 2.10 bits per heavy atom. The number of anilines is 3. The van der Waals surface area contributed by atoms with Crippen molar-refractivity contribution in [3.8, 4) is 6.07 Å². The molecule has 108 valence electrons. The van der Waals surface area contributed by atoms with Gasteiger partial charge in [-0.1, -0.05) is 6.92 Å². The molecule has 0 saturated heterocycles. The second-order valence-corrected chi connectivity index (χ2v) is 5.03. The predicted octanol–water partition coefficient (Wildman–Crippen LogP) is 3.82. The molecule has 21 heavy (non-hydrogen) atoms. The van der Waals surface area contributed by atoms with Gasteiger partial charge in [0.05, 0.1) is 11.3 Å². The summed E-state index contributed by atoms with van der Waals surface area (Å²) in [7, 11) is 0. The second-order valence-electron chi connectivity index (χ2n) is 4.24. The number of nitrogens with one attached hydrogen (secondary N) is 2. The quantitative estimate of drug-likeness (QED) is 0.858. The molecule has 1 aromatic heterocycles. The summed E-state index contributed by atoms with van der Waals surface area (Å²) in [5.41, 5.74) is 0.698. The minimum Gasteiger partial charge on any atom is -0.369 e. The van der Waals surface area contributed by atoms with Gasteiger partial charge in [-0.3, -0.25) is 0 Å². The van der Waals surface area contributed by atoms with E-state index < -0.39 is 5.82 Å². The Morgan fingerprint density at radius 3 is 2.81 bits per heavy atom. The smallest absolute Gasteiger partial charge is 0.150 e. The summed E-state index contributed by atoms with van der Waals surface area (Å²) in [4.78, 5) is 8.27. The molecule has 0 amide bonds. The third-order valence-electron chi connectivity index (χ3n) is 2.69. The number of aromatic nitrogens is 2. The van der Waals surface area contributed by atoms with Crippen LogP contribution in [-0.4, -0.2) is 16.5 Å². The van der Waals surface area contributed by atoms with E-state index in [9.17, 15) is 4.39 Å². The largest absolute Gasteiger partial charge is 0.369 e. The molecule has 0 atom stereocenters. The first-order valence-corrected chi connectivity index (χ1v) is 7.16. The van der Waals surface area contributed by atoms with E-state index in [1.807, 2.05) is 6.07 Å². The van der Waals surface area contributed by atoms with Gasteiger partial charge in [-0.2, -0.15) is 5.26 Å². The Labute approximate surface area is 130 Å². The molecule has 2 aromatic rings. The average Bonchev–Trinajstić information content (AvgIpc) is 2.49. The molecule has 0 bridgehead atoms. The monoisotopic (exact) mass is 349 g/mol. The Bertz CT molecular complexity index is 684. The van der Waals surface area contributed by atoms with E-state index >= 15 is 0 Å². The highest BCUT2D eigenvalue weighted by atomic mass is 79.9. The molecular formula is C14H13BrFN5. The van der Waals surface area contributed by atoms with Crippen LogP contribution in [0.1, 0.15) is 18.9 Å². The molecule has 7 heteroatoms. The molecule has 1 aromatic carbocycles. The number of halogens is 2. The van der Waals surface area contributed by atoms with E-state index in [-0.39, 0.29) is 5.56 Å². The first-order chi connectivity index (χ1) is 10.2. The molecule has 1 heterocycles. The minimum atomic E-state index is -0.454. The zero-order chi connectivity index (χ0) is 15.2. The van der Waals surface area contributed by atoms with Crippen LogP contribution >= 0.6 is 15.9 Å². The average molecular weight is 350 g/mol. The van der Waals surface area contributed by atoms with Gasteiger partial charge in [-0.05, 0) is 40.5 Å². The lowest BCUT2D eigenvalue weighted by Crippen LogP contribution is -2.05. The van der Waals surface area contributed by atoms with E-state index in [1.54, 1.807) is 0 Å². The summed E-state index contributed by atoms with van der Waals surface area (Å²) in [6, 6.07) is 5.91. The number of hydrogen-bond acceptors (Lipinski definition) is 5. The summed E-state index contributed by atoms with van der Waals surface area (Å²) < 4.78 is 13.8. The fraction of sp³-hybridized carbons (Fsp3) is 0.214. The van der Waals surface area contributed by atoms with Crippen molar-refractivity contribution in [3.05, 3.63) is 40.4 Å². The first-order valence-electron chi connectivity index (χ1n) is 6.36. The van der Waals surface area contributed by atoms with Crippen molar-refractivity contribution in [2.75, 3.05) is 17.2 Å². The normalized spacial score (nSPS) is 10.0. The highest BCUT2D eigenvalue weighted by molar-refractivity contribution is 9.10. The van der Waals surface area contributed by atoms with Gasteiger partial charge in [0.1, 0.15) is 34.3 Å². The van der Waals surface area contributed by atoms with Crippen molar-refractivity contribution in [2.24, 2.45) is 0 Å². The molecule has 5 nitrogen and oxygen atoms in total. The summed E-state index contributed by atoms with van der Waals surface area (Å²) in [5.74, 6) is 0.714. The standard InChI is InChI=1S/C14H13BrFN5/c1-2-5-18-13-12(15)14(20-8-19-13)21-11-4-3-10(16)6-9(11)7-17/h3-4,6,8H,2,5H2,1H3,(H2,18,19,20,21). The minimum absolute atomic E-state index is 0.212. The van der Waals surface area contributed by atoms with Gasteiger partial charge in [0, 0.05) is 6.54 Å². The molecule has 0 fully saturated rings. The van der Waals surface area contributed by atoms with Crippen molar-refractivity contribution in [1.29, 1.82) is 5.26 Å². The number of nitrogens with zero attached hydrogens (tertiary/aromatic N) is 3. The third-order valence-corrected chi connectivity index (χ3v) is 3.44. The van der Waals surface area contributed by atoms with Crippen molar-refractivity contribution in [1.82, 2.24) is 9.97 Å². The number of benzene rings is 1. The van der Waals surface area contributed by atoms with Crippen LogP contribution in [0.5, 0.6) is 0 Å². The van der Waals surface area contributed by atoms with Gasteiger partial charge in [-0.15, -0.1) is 0 Å². The van der Waals surface area contributed by atoms with Crippen molar-refractivity contribution >= 4 is 33.3 Å². The number of nitriles is 1. The van der Waals surface area contributed by atoms with Crippen molar-refractivity contribution in [2.45, 2.75) is 13.3 Å². The highest BCUT2D eigenvalue weighted by Crippen LogP contribution is 2.30. The fourth-order valence-corrected chi connectivity index (χ4v) is 2.11. The van der Waals surface area contributed by atoms with Crippen LogP contribution in [0.4, 0.5) is 21.7 Å². The number of rotatable bonds is 5. The lowest BCUT2D eigenvalue weighted by molar-refractivity contribution is 0.627. The summed E-state index contributed by atoms with van der Waals surface area (Å²) >= 11 is 3.42. The zero-order valence-electron chi connectivity index (χ0n) is 11.3. The molecule has 2 rings (SSSR count). The van der Waals surface area contributed by atoms with Gasteiger partial charge < -0.3 is 10.6 Å². The van der Waals surface area contributed by atoms with Crippen LogP contribution in [0.2, 0.25) is 0 Å². The molecule has 0 saturated carbocycles. The maximum Gasteiger partial charge on any atom is 0.150 e. The SMILES string of the molecule is CCCNc1ncnc(Nc2ccc(F)cc2C#N)c1Br. The molecule has 0 unspecified atom stereocenters. The lowest BCUT2D eigenvalue weighted by atomic mass is 10.2. The van der Waals surface area contributed by atoms with Crippen LogP contribution < -0.4 is 10.6 Å². The van der Waals surface area contributed by atoms with Gasteiger partial charge in [0.2, 0.25) is 0 Å². The summed E-state index contributed by atoms with van der Waals surface area (Å²) in [6.45, 7) is 2.84. The molecule has 0 aliphatic heterocycles. The number of hydrogen-bond donors (Lipinski definition) is 2. The molecule has 0 aliphatic carbocycles. The lowest BCUT2D eigenvalue weighted by Gasteiger charge is -2.12. The van der Waals surface area contributed by atoms with Gasteiger partial charge in [-0.25, -0.2) is 14.4 Å². The molecule has 0 spiro atoms. The molecular weight excluding hydrogens is 337 g/mol. The van der Waals surface area contributed by atoms with E-state index in [0.717, 1.165) is 13.0 Å². The van der Waals surface area contributed by atoms with Crippen LogP contribution in [-0.2, 0) is 0 Å². The molecule has 2 N–H and O–H groups in total. The van der Waals surface area contributed by atoms with Crippen molar-refractivity contribution < 1.29 is 4.39 Å². The highest BCUT2D eigenvalue weighted by Gasteiger charge is 2.11. The molecule has 0 aliphatic rings. The first kappa shape index (κ1) is 15.2. The zero-order valence-corrected chi connectivity index (χ0v) is 12.9. The van der Waals surface area contributed by atoms with E-state index in [0.29, 0.717) is 21.8 Å². The van der Waals surface area contributed by atoms with Gasteiger partial charge >= 0.3 is 0 Å². The maximum atomic E-state index is 13.1. The van der Waals surface area contributed by atoms with E-state index in [2.05, 4.69) is 43.5 Å². The molecule has 0 radical (unpaired) electrons. The van der Waals surface area contributed by atoms with Crippen LogP contribution in [0.25, 0.3) is 0 Å². The van der Waals surface area contributed by atoms with Crippen LogP contribution in [0.3, 0.4) is 0 Å². The third kappa shape index (κ3) is 3.67. The van der Waals surface area contributed by atoms with Crippen LogP contribution in [0.15, 0.2) is 29.0 Å². The summed E-state index contributed by atoms with van der Waals surface area (Å²) in [5, 5.41) is 15.2.